The number of aromatic nitrogens is 4. The first kappa shape index (κ1) is 15.5. The van der Waals surface area contributed by atoms with E-state index < -0.39 is 0 Å². The first-order chi connectivity index (χ1) is 10.2. The molecule has 1 unspecified atom stereocenters. The Bertz CT molecular complexity index is 576. The largest absolute Gasteiger partial charge is 0.398 e. The molecule has 0 spiro atoms. The van der Waals surface area contributed by atoms with Crippen LogP contribution in [0.3, 0.4) is 0 Å². The van der Waals surface area contributed by atoms with Crippen LogP contribution in [0.5, 0.6) is 0 Å². The molecule has 5 heteroatoms. The van der Waals surface area contributed by atoms with Gasteiger partial charge in [-0.3, -0.25) is 0 Å². The van der Waals surface area contributed by atoms with Gasteiger partial charge in [0.2, 0.25) is 0 Å². The van der Waals surface area contributed by atoms with Crippen molar-refractivity contribution in [2.45, 2.75) is 58.9 Å². The summed E-state index contributed by atoms with van der Waals surface area (Å²) in [6.45, 7) is 6.42. The molecule has 0 saturated carbocycles. The molecule has 2 rings (SSSR count). The van der Waals surface area contributed by atoms with E-state index in [9.17, 15) is 0 Å². The Morgan fingerprint density at radius 3 is 2.71 bits per heavy atom. The number of aryl methyl sites for hydroxylation is 1. The summed E-state index contributed by atoms with van der Waals surface area (Å²) in [6, 6.07) is 6.35. The van der Waals surface area contributed by atoms with E-state index in [1.54, 1.807) is 0 Å². The summed E-state index contributed by atoms with van der Waals surface area (Å²) in [5.41, 5.74) is 8.96. The zero-order chi connectivity index (χ0) is 15.2. The van der Waals surface area contributed by atoms with Gasteiger partial charge in [0.15, 0.2) is 5.82 Å². The van der Waals surface area contributed by atoms with Gasteiger partial charge in [-0.2, -0.15) is 0 Å². The third-order valence-electron chi connectivity index (χ3n) is 3.92. The molecule has 1 atom stereocenters. The standard InChI is InChI=1S/C16H25N5/c1-4-6-10-13(8-5-2)21-16(18-19-20-21)14-11-7-9-12(3)15(14)17/h7,9,11,13H,4-6,8,10,17H2,1-3H3. The summed E-state index contributed by atoms with van der Waals surface area (Å²) in [7, 11) is 0. The lowest BCUT2D eigenvalue weighted by Crippen LogP contribution is -2.13. The van der Waals surface area contributed by atoms with Crippen LogP contribution in [0.2, 0.25) is 0 Å². The third kappa shape index (κ3) is 3.40. The molecule has 5 nitrogen and oxygen atoms in total. The van der Waals surface area contributed by atoms with Crippen LogP contribution in [-0.2, 0) is 0 Å². The Balaban J connectivity index is 2.38. The molecule has 2 aromatic rings. The highest BCUT2D eigenvalue weighted by Gasteiger charge is 2.19. The van der Waals surface area contributed by atoms with E-state index in [1.165, 1.54) is 12.8 Å². The van der Waals surface area contributed by atoms with Crippen molar-refractivity contribution in [3.63, 3.8) is 0 Å². The highest BCUT2D eigenvalue weighted by molar-refractivity contribution is 5.74. The molecule has 0 radical (unpaired) electrons. The quantitative estimate of drug-likeness (QED) is 0.787. The normalized spacial score (nSPS) is 12.5. The van der Waals surface area contributed by atoms with Gasteiger partial charge >= 0.3 is 0 Å². The van der Waals surface area contributed by atoms with E-state index in [1.807, 2.05) is 29.8 Å². The van der Waals surface area contributed by atoms with Gasteiger partial charge in [0.25, 0.3) is 0 Å². The van der Waals surface area contributed by atoms with Crippen LogP contribution in [-0.4, -0.2) is 20.2 Å². The molecule has 0 aliphatic rings. The average Bonchev–Trinajstić information content (AvgIpc) is 2.95. The number of nitrogens with zero attached hydrogens (tertiary/aromatic N) is 4. The van der Waals surface area contributed by atoms with Gasteiger partial charge in [-0.1, -0.05) is 45.2 Å². The molecule has 0 aliphatic carbocycles. The zero-order valence-corrected chi connectivity index (χ0v) is 13.2. The maximum atomic E-state index is 6.21. The van der Waals surface area contributed by atoms with Gasteiger partial charge in [-0.25, -0.2) is 4.68 Å². The maximum Gasteiger partial charge on any atom is 0.184 e. The van der Waals surface area contributed by atoms with Crippen molar-refractivity contribution in [1.29, 1.82) is 0 Å². The van der Waals surface area contributed by atoms with E-state index in [4.69, 9.17) is 5.73 Å². The number of nitrogens with two attached hydrogens (primary N) is 1. The minimum atomic E-state index is 0.347. The van der Waals surface area contributed by atoms with Gasteiger partial charge < -0.3 is 5.73 Å². The topological polar surface area (TPSA) is 69.6 Å². The number of hydrogen-bond acceptors (Lipinski definition) is 4. The van der Waals surface area contributed by atoms with Crippen molar-refractivity contribution in [2.24, 2.45) is 0 Å². The minimum Gasteiger partial charge on any atom is -0.398 e. The highest BCUT2D eigenvalue weighted by Crippen LogP contribution is 2.30. The van der Waals surface area contributed by atoms with Crippen LogP contribution in [0.15, 0.2) is 18.2 Å². The first-order valence-corrected chi connectivity index (χ1v) is 7.82. The lowest BCUT2D eigenvalue weighted by atomic mass is 10.0. The predicted octanol–water partition coefficient (Wildman–Crippen LogP) is 3.76. The fourth-order valence-electron chi connectivity index (χ4n) is 2.65. The number of rotatable bonds is 7. The molecule has 0 saturated heterocycles. The van der Waals surface area contributed by atoms with Crippen molar-refractivity contribution in [3.8, 4) is 11.4 Å². The molecule has 0 amide bonds. The van der Waals surface area contributed by atoms with Crippen LogP contribution in [0.25, 0.3) is 11.4 Å². The molecular weight excluding hydrogens is 262 g/mol. The monoisotopic (exact) mass is 287 g/mol. The highest BCUT2D eigenvalue weighted by atomic mass is 15.5. The number of tetrazole rings is 1. The predicted molar refractivity (Wildman–Crippen MR) is 85.9 cm³/mol. The molecule has 2 N–H and O–H groups in total. The third-order valence-corrected chi connectivity index (χ3v) is 3.92. The Kier molecular flexibility index (Phi) is 5.31. The summed E-state index contributed by atoms with van der Waals surface area (Å²) >= 11 is 0. The van der Waals surface area contributed by atoms with Crippen molar-refractivity contribution in [1.82, 2.24) is 20.2 Å². The Labute approximate surface area is 126 Å². The number of unbranched alkanes of at least 4 members (excludes halogenated alkanes) is 1. The Hall–Kier alpha value is -1.91. The summed E-state index contributed by atoms with van der Waals surface area (Å²) in [5.74, 6) is 0.783. The van der Waals surface area contributed by atoms with Crippen LogP contribution in [0.4, 0.5) is 5.69 Å². The Morgan fingerprint density at radius 1 is 1.19 bits per heavy atom. The smallest absolute Gasteiger partial charge is 0.184 e. The van der Waals surface area contributed by atoms with Crippen molar-refractivity contribution in [2.75, 3.05) is 5.73 Å². The molecule has 1 aromatic heterocycles. The fourth-order valence-corrected chi connectivity index (χ4v) is 2.65. The van der Waals surface area contributed by atoms with E-state index in [2.05, 4.69) is 29.4 Å². The lowest BCUT2D eigenvalue weighted by Gasteiger charge is -2.18. The Morgan fingerprint density at radius 2 is 2.00 bits per heavy atom. The molecule has 114 valence electrons. The molecule has 1 aromatic carbocycles. The average molecular weight is 287 g/mol. The van der Waals surface area contributed by atoms with Gasteiger partial charge in [0, 0.05) is 11.3 Å². The number of benzene rings is 1. The second-order valence-electron chi connectivity index (χ2n) is 5.57. The minimum absolute atomic E-state index is 0.347. The number of hydrogen-bond donors (Lipinski definition) is 1. The van der Waals surface area contributed by atoms with Crippen molar-refractivity contribution < 1.29 is 0 Å². The van der Waals surface area contributed by atoms with E-state index in [0.29, 0.717) is 6.04 Å². The van der Waals surface area contributed by atoms with Crippen LogP contribution in [0.1, 0.15) is 57.6 Å². The zero-order valence-electron chi connectivity index (χ0n) is 13.2. The van der Waals surface area contributed by atoms with Gasteiger partial charge in [-0.15, -0.1) is 5.10 Å². The van der Waals surface area contributed by atoms with Crippen molar-refractivity contribution in [3.05, 3.63) is 23.8 Å². The van der Waals surface area contributed by atoms with Crippen LogP contribution in [0, 0.1) is 6.92 Å². The number of nitrogen functional groups attached to an aromatic ring is 1. The number of para-hydroxylation sites is 1. The fraction of sp³-hybridized carbons (Fsp3) is 0.562. The second kappa shape index (κ2) is 7.20. The van der Waals surface area contributed by atoms with E-state index >= 15 is 0 Å². The van der Waals surface area contributed by atoms with E-state index in [-0.39, 0.29) is 0 Å². The summed E-state index contributed by atoms with van der Waals surface area (Å²) in [4.78, 5) is 0. The summed E-state index contributed by atoms with van der Waals surface area (Å²) in [6.07, 6.45) is 5.69. The van der Waals surface area contributed by atoms with Gasteiger partial charge in [0.05, 0.1) is 6.04 Å². The van der Waals surface area contributed by atoms with Gasteiger partial charge in [0.1, 0.15) is 0 Å². The summed E-state index contributed by atoms with van der Waals surface area (Å²) in [5, 5.41) is 12.3. The maximum absolute atomic E-state index is 6.21. The summed E-state index contributed by atoms with van der Waals surface area (Å²) < 4.78 is 1.96. The second-order valence-corrected chi connectivity index (χ2v) is 5.57. The SMILES string of the molecule is CCCCC(CCC)n1nnnc1-c1cccc(C)c1N. The molecule has 1 heterocycles. The molecule has 0 bridgehead atoms. The number of anilines is 1. The van der Waals surface area contributed by atoms with E-state index in [0.717, 1.165) is 41.9 Å². The molecule has 21 heavy (non-hydrogen) atoms. The first-order valence-electron chi connectivity index (χ1n) is 7.82. The molecule has 0 fully saturated rings. The van der Waals surface area contributed by atoms with Gasteiger partial charge in [-0.05, 0) is 41.8 Å². The van der Waals surface area contributed by atoms with Crippen LogP contribution < -0.4 is 5.73 Å². The molecular formula is C16H25N5. The van der Waals surface area contributed by atoms with Crippen LogP contribution >= 0.6 is 0 Å². The lowest BCUT2D eigenvalue weighted by molar-refractivity contribution is 0.380. The van der Waals surface area contributed by atoms with Crippen molar-refractivity contribution >= 4 is 5.69 Å². The molecule has 0 aliphatic heterocycles.